The van der Waals surface area contributed by atoms with Gasteiger partial charge in [0.2, 0.25) is 11.8 Å². The molecule has 0 bridgehead atoms. The number of carbonyl (C=O) groups excluding carboxylic acids is 2. The average molecular weight is 496 g/mol. The molecule has 0 aliphatic heterocycles. The lowest BCUT2D eigenvalue weighted by Gasteiger charge is -2.09. The molecule has 0 atom stereocenters. The Bertz CT molecular complexity index is 862. The zero-order valence-corrected chi connectivity index (χ0v) is 18.3. The van der Waals surface area contributed by atoms with E-state index in [9.17, 15) is 9.59 Å². The Hall–Kier alpha value is -2.12. The Labute approximate surface area is 175 Å². The van der Waals surface area contributed by atoms with E-state index in [0.29, 0.717) is 17.1 Å². The van der Waals surface area contributed by atoms with E-state index in [1.54, 1.807) is 37.5 Å². The number of halogens is 2. The van der Waals surface area contributed by atoms with E-state index in [0.717, 1.165) is 14.5 Å². The van der Waals surface area contributed by atoms with Crippen LogP contribution in [0.3, 0.4) is 0 Å². The second kappa shape index (κ2) is 9.71. The molecule has 0 saturated heterocycles. The van der Waals surface area contributed by atoms with Gasteiger partial charge in [-0.25, -0.2) is 0 Å². The first-order valence-electron chi connectivity index (χ1n) is 8.23. The van der Waals surface area contributed by atoms with E-state index in [2.05, 4.69) is 42.5 Å². The van der Waals surface area contributed by atoms with Gasteiger partial charge in [0.1, 0.15) is 5.75 Å². The van der Waals surface area contributed by atoms with Gasteiger partial charge in [0.05, 0.1) is 11.6 Å². The monoisotopic (exact) mass is 494 g/mol. The van der Waals surface area contributed by atoms with Gasteiger partial charge in [-0.05, 0) is 58.4 Å². The van der Waals surface area contributed by atoms with Gasteiger partial charge < -0.3 is 15.4 Å². The molecule has 0 heterocycles. The van der Waals surface area contributed by atoms with Crippen molar-refractivity contribution < 1.29 is 14.3 Å². The summed E-state index contributed by atoms with van der Waals surface area (Å²) in [4.78, 5) is 23.9. The third kappa shape index (κ3) is 6.22. The molecule has 0 fully saturated rings. The van der Waals surface area contributed by atoms with Crippen LogP contribution in [-0.4, -0.2) is 18.9 Å². The fraction of sp³-hybridized carbons (Fsp3) is 0.200. The predicted molar refractivity (Wildman–Crippen MR) is 116 cm³/mol. The van der Waals surface area contributed by atoms with Crippen LogP contribution < -0.4 is 15.4 Å². The second-order valence-electron chi connectivity index (χ2n) is 6.05. The van der Waals surface area contributed by atoms with Crippen LogP contribution in [0.1, 0.15) is 19.4 Å². The molecule has 0 aliphatic carbocycles. The van der Waals surface area contributed by atoms with Crippen LogP contribution in [-0.2, 0) is 9.59 Å². The molecular weight excluding hydrogens is 476 g/mol. The summed E-state index contributed by atoms with van der Waals surface area (Å²) in [6.45, 7) is 3.66. The van der Waals surface area contributed by atoms with E-state index in [1.165, 1.54) is 6.08 Å². The van der Waals surface area contributed by atoms with Gasteiger partial charge in [0, 0.05) is 33.4 Å². The van der Waals surface area contributed by atoms with E-state index < -0.39 is 0 Å². The number of nitrogens with one attached hydrogen (secondary N) is 2. The zero-order valence-electron chi connectivity index (χ0n) is 15.2. The Morgan fingerprint density at radius 2 is 1.63 bits per heavy atom. The van der Waals surface area contributed by atoms with Crippen molar-refractivity contribution >= 4 is 61.1 Å². The maximum Gasteiger partial charge on any atom is 0.248 e. The third-order valence-corrected chi connectivity index (χ3v) is 4.65. The van der Waals surface area contributed by atoms with Crippen LogP contribution in [0, 0.1) is 5.92 Å². The van der Waals surface area contributed by atoms with Crippen molar-refractivity contribution in [2.45, 2.75) is 13.8 Å². The number of amides is 2. The lowest BCUT2D eigenvalue weighted by molar-refractivity contribution is -0.119. The van der Waals surface area contributed by atoms with Crippen LogP contribution in [0.5, 0.6) is 5.75 Å². The van der Waals surface area contributed by atoms with Crippen molar-refractivity contribution in [2.75, 3.05) is 17.7 Å². The highest BCUT2D eigenvalue weighted by Crippen LogP contribution is 2.33. The molecule has 2 N–H and O–H groups in total. The highest BCUT2D eigenvalue weighted by molar-refractivity contribution is 9.11. The summed E-state index contributed by atoms with van der Waals surface area (Å²) < 4.78 is 7.02. The van der Waals surface area contributed by atoms with E-state index >= 15 is 0 Å². The minimum Gasteiger partial charge on any atom is -0.495 e. The molecule has 0 radical (unpaired) electrons. The second-order valence-corrected chi connectivity index (χ2v) is 7.82. The highest BCUT2D eigenvalue weighted by Gasteiger charge is 2.08. The summed E-state index contributed by atoms with van der Waals surface area (Å²) in [6.07, 6.45) is 3.12. The topological polar surface area (TPSA) is 67.4 Å². The van der Waals surface area contributed by atoms with Crippen LogP contribution in [0.15, 0.2) is 51.4 Å². The number of anilines is 2. The van der Waals surface area contributed by atoms with Crippen LogP contribution in [0.2, 0.25) is 0 Å². The Morgan fingerprint density at radius 3 is 2.19 bits per heavy atom. The Kier molecular flexibility index (Phi) is 7.62. The number of benzene rings is 2. The maximum absolute atomic E-state index is 12.2. The lowest BCUT2D eigenvalue weighted by atomic mass is 10.2. The summed E-state index contributed by atoms with van der Waals surface area (Å²) in [5.41, 5.74) is 2.08. The summed E-state index contributed by atoms with van der Waals surface area (Å²) in [7, 11) is 1.57. The number of rotatable bonds is 6. The molecule has 0 aliphatic rings. The summed E-state index contributed by atoms with van der Waals surface area (Å²) in [5, 5.41) is 5.58. The predicted octanol–water partition coefficient (Wildman–Crippen LogP) is 5.47. The summed E-state index contributed by atoms with van der Waals surface area (Å²) in [5.74, 6) is 0.230. The van der Waals surface area contributed by atoms with Gasteiger partial charge >= 0.3 is 0 Å². The zero-order chi connectivity index (χ0) is 20.0. The Balaban J connectivity index is 2.04. The molecule has 2 rings (SSSR count). The van der Waals surface area contributed by atoms with Crippen molar-refractivity contribution in [1.82, 2.24) is 0 Å². The van der Waals surface area contributed by atoms with Crippen molar-refractivity contribution in [2.24, 2.45) is 5.92 Å². The number of hydrogen-bond acceptors (Lipinski definition) is 3. The largest absolute Gasteiger partial charge is 0.495 e. The molecule has 7 heteroatoms. The number of methoxy groups -OCH3 is 1. The molecular formula is C20H20Br2N2O3. The minimum atomic E-state index is -0.271. The molecule has 5 nitrogen and oxygen atoms in total. The van der Waals surface area contributed by atoms with Gasteiger partial charge in [0.25, 0.3) is 0 Å². The molecule has 0 saturated carbocycles. The van der Waals surface area contributed by atoms with Crippen molar-refractivity contribution in [3.63, 3.8) is 0 Å². The first-order valence-corrected chi connectivity index (χ1v) is 9.81. The molecule has 2 aromatic rings. The van der Waals surface area contributed by atoms with E-state index in [1.807, 2.05) is 26.0 Å². The number of carbonyl (C=O) groups is 2. The van der Waals surface area contributed by atoms with Crippen molar-refractivity contribution in [1.29, 1.82) is 0 Å². The van der Waals surface area contributed by atoms with Gasteiger partial charge in [0.15, 0.2) is 0 Å². The lowest BCUT2D eigenvalue weighted by Crippen LogP contribution is -2.17. The normalized spacial score (nSPS) is 10.9. The fourth-order valence-electron chi connectivity index (χ4n) is 2.19. The summed E-state index contributed by atoms with van der Waals surface area (Å²) >= 11 is 6.85. The minimum absolute atomic E-state index is 0.0520. The van der Waals surface area contributed by atoms with Crippen LogP contribution in [0.4, 0.5) is 11.4 Å². The highest BCUT2D eigenvalue weighted by atomic mass is 79.9. The average Bonchev–Trinajstić information content (AvgIpc) is 2.61. The fourth-order valence-corrected chi connectivity index (χ4v) is 3.61. The van der Waals surface area contributed by atoms with Crippen LogP contribution in [0.25, 0.3) is 6.08 Å². The number of ether oxygens (including phenoxy) is 1. The first kappa shape index (κ1) is 21.2. The first-order chi connectivity index (χ1) is 12.8. The smallest absolute Gasteiger partial charge is 0.248 e. The molecule has 0 spiro atoms. The van der Waals surface area contributed by atoms with Crippen LogP contribution >= 0.6 is 31.9 Å². The molecule has 0 unspecified atom stereocenters. The molecule has 27 heavy (non-hydrogen) atoms. The van der Waals surface area contributed by atoms with Gasteiger partial charge in [-0.15, -0.1) is 0 Å². The van der Waals surface area contributed by atoms with Gasteiger partial charge in [-0.2, -0.15) is 0 Å². The Morgan fingerprint density at radius 1 is 1.04 bits per heavy atom. The molecule has 2 amide bonds. The van der Waals surface area contributed by atoms with Crippen molar-refractivity contribution in [3.8, 4) is 5.75 Å². The molecule has 142 valence electrons. The molecule has 2 aromatic carbocycles. The third-order valence-electron chi connectivity index (χ3n) is 3.60. The van der Waals surface area contributed by atoms with Gasteiger partial charge in [-0.3, -0.25) is 9.59 Å². The molecule has 0 aromatic heterocycles. The number of hydrogen-bond donors (Lipinski definition) is 2. The van der Waals surface area contributed by atoms with Crippen molar-refractivity contribution in [3.05, 3.63) is 57.0 Å². The van der Waals surface area contributed by atoms with E-state index in [-0.39, 0.29) is 17.7 Å². The SMILES string of the molecule is COc1c(Br)cc(Br)cc1/C=C/C(=O)Nc1ccc(NC(=O)C(C)C)cc1. The van der Waals surface area contributed by atoms with Gasteiger partial charge in [-0.1, -0.05) is 29.8 Å². The quantitative estimate of drug-likeness (QED) is 0.522. The maximum atomic E-state index is 12.2. The summed E-state index contributed by atoms with van der Waals surface area (Å²) in [6, 6.07) is 10.7. The van der Waals surface area contributed by atoms with E-state index in [4.69, 9.17) is 4.74 Å². The standard InChI is InChI=1S/C20H20Br2N2O3/c1-12(2)20(26)24-16-7-5-15(6-8-16)23-18(25)9-4-13-10-14(21)11-17(22)19(13)27-3/h4-12H,1-3H3,(H,23,25)(H,24,26)/b9-4+.